The maximum atomic E-state index is 13.1. The average molecular weight is 473 g/mol. The van der Waals surface area contributed by atoms with Gasteiger partial charge in [0.1, 0.15) is 5.65 Å². The molecule has 2 aromatic heterocycles. The normalized spacial score (nSPS) is 11.1. The summed E-state index contributed by atoms with van der Waals surface area (Å²) in [5.41, 5.74) is 4.56. The Kier molecular flexibility index (Phi) is 7.33. The third-order valence-corrected chi connectivity index (χ3v) is 6.44. The zero-order valence-corrected chi connectivity index (χ0v) is 20.4. The Morgan fingerprint density at radius 3 is 2.59 bits per heavy atom. The summed E-state index contributed by atoms with van der Waals surface area (Å²) in [7, 11) is 0. The third kappa shape index (κ3) is 5.66. The second-order valence-electron chi connectivity index (χ2n) is 8.57. The Morgan fingerprint density at radius 2 is 1.82 bits per heavy atom. The summed E-state index contributed by atoms with van der Waals surface area (Å²) >= 11 is 1.58. The fourth-order valence-electron chi connectivity index (χ4n) is 3.52. The number of fused-ring (bicyclic) bond motifs is 1. The van der Waals surface area contributed by atoms with Crippen LogP contribution < -0.4 is 10.6 Å². The predicted molar refractivity (Wildman–Crippen MR) is 137 cm³/mol. The zero-order chi connectivity index (χ0) is 24.1. The van der Waals surface area contributed by atoms with Gasteiger partial charge >= 0.3 is 0 Å². The van der Waals surface area contributed by atoms with Crippen LogP contribution in [0.1, 0.15) is 45.8 Å². The molecule has 174 valence electrons. The molecule has 0 spiro atoms. The summed E-state index contributed by atoms with van der Waals surface area (Å²) in [5.74, 6) is 0.751. The topological polar surface area (TPSA) is 75.5 Å². The Balaban J connectivity index is 1.44. The molecule has 0 bridgehead atoms. The number of nitrogens with one attached hydrogen (secondary N) is 2. The maximum absolute atomic E-state index is 13.1. The van der Waals surface area contributed by atoms with Crippen LogP contribution >= 0.6 is 11.8 Å². The van der Waals surface area contributed by atoms with E-state index in [1.54, 1.807) is 30.0 Å². The van der Waals surface area contributed by atoms with Gasteiger partial charge in [0, 0.05) is 40.8 Å². The highest BCUT2D eigenvalue weighted by molar-refractivity contribution is 7.98. The van der Waals surface area contributed by atoms with E-state index in [-0.39, 0.29) is 11.8 Å². The number of anilines is 1. The molecule has 2 aromatic carbocycles. The van der Waals surface area contributed by atoms with Crippen LogP contribution in [0.4, 0.5) is 5.69 Å². The standard InChI is InChI=1S/C27H28N4O2S/c1-18(2)15-28-26(32)20-11-12-23(19(3)14-20)30-27(33)22-8-4-5-9-24(22)34-17-21-16-31-13-7-6-10-25(31)29-21/h4-14,16,18H,15,17H2,1-3H3,(H,28,32)(H,30,33). The molecule has 4 rings (SSSR count). The minimum absolute atomic E-state index is 0.108. The van der Waals surface area contributed by atoms with Crippen molar-refractivity contribution in [3.8, 4) is 0 Å². The van der Waals surface area contributed by atoms with Crippen molar-refractivity contribution in [2.45, 2.75) is 31.4 Å². The quantitative estimate of drug-likeness (QED) is 0.329. The lowest BCUT2D eigenvalue weighted by Gasteiger charge is -2.13. The van der Waals surface area contributed by atoms with E-state index < -0.39 is 0 Å². The van der Waals surface area contributed by atoms with E-state index in [1.165, 1.54) is 0 Å². The van der Waals surface area contributed by atoms with E-state index in [4.69, 9.17) is 0 Å². The number of aryl methyl sites for hydroxylation is 1. The van der Waals surface area contributed by atoms with Gasteiger partial charge in [0.25, 0.3) is 11.8 Å². The van der Waals surface area contributed by atoms with E-state index in [2.05, 4.69) is 29.5 Å². The first kappa shape index (κ1) is 23.6. The van der Waals surface area contributed by atoms with Crippen LogP contribution in [0.15, 0.2) is 78.0 Å². The van der Waals surface area contributed by atoms with Crippen molar-refractivity contribution in [3.63, 3.8) is 0 Å². The van der Waals surface area contributed by atoms with Crippen LogP contribution in [0.3, 0.4) is 0 Å². The van der Waals surface area contributed by atoms with Gasteiger partial charge in [0.15, 0.2) is 0 Å². The molecule has 0 saturated heterocycles. The van der Waals surface area contributed by atoms with Crippen molar-refractivity contribution in [3.05, 3.63) is 95.4 Å². The number of hydrogen-bond acceptors (Lipinski definition) is 4. The summed E-state index contributed by atoms with van der Waals surface area (Å²) in [6, 6.07) is 18.8. The van der Waals surface area contributed by atoms with Gasteiger partial charge in [0.2, 0.25) is 0 Å². The van der Waals surface area contributed by atoms with Gasteiger partial charge in [-0.15, -0.1) is 11.8 Å². The van der Waals surface area contributed by atoms with Gasteiger partial charge in [-0.1, -0.05) is 32.0 Å². The lowest BCUT2D eigenvalue weighted by molar-refractivity contribution is 0.0948. The number of nitrogens with zero attached hydrogens (tertiary/aromatic N) is 2. The Morgan fingerprint density at radius 1 is 1.03 bits per heavy atom. The number of aromatic nitrogens is 2. The third-order valence-electron chi connectivity index (χ3n) is 5.33. The minimum atomic E-state index is -0.182. The van der Waals surface area contributed by atoms with Crippen molar-refractivity contribution < 1.29 is 9.59 Å². The molecule has 0 radical (unpaired) electrons. The highest BCUT2D eigenvalue weighted by atomic mass is 32.2. The Bertz CT molecular complexity index is 1300. The fraction of sp³-hybridized carbons (Fsp3) is 0.222. The summed E-state index contributed by atoms with van der Waals surface area (Å²) in [4.78, 5) is 31.0. The minimum Gasteiger partial charge on any atom is -0.352 e. The van der Waals surface area contributed by atoms with Gasteiger partial charge in [0.05, 0.1) is 11.3 Å². The molecular weight excluding hydrogens is 444 g/mol. The van der Waals surface area contributed by atoms with Crippen molar-refractivity contribution >= 4 is 34.9 Å². The number of carbonyl (C=O) groups excluding carboxylic acids is 2. The molecule has 0 saturated carbocycles. The van der Waals surface area contributed by atoms with Gasteiger partial charge in [-0.25, -0.2) is 4.98 Å². The monoisotopic (exact) mass is 472 g/mol. The molecule has 0 atom stereocenters. The first-order chi connectivity index (χ1) is 16.4. The second-order valence-corrected chi connectivity index (χ2v) is 9.59. The van der Waals surface area contributed by atoms with E-state index in [0.29, 0.717) is 35.0 Å². The lowest BCUT2D eigenvalue weighted by atomic mass is 10.1. The van der Waals surface area contributed by atoms with Gasteiger partial charge in [-0.2, -0.15) is 0 Å². The Labute approximate surface area is 203 Å². The molecule has 0 unspecified atom stereocenters. The first-order valence-corrected chi connectivity index (χ1v) is 12.2. The van der Waals surface area contributed by atoms with Crippen LogP contribution in [0, 0.1) is 12.8 Å². The summed E-state index contributed by atoms with van der Waals surface area (Å²) in [5, 5.41) is 5.92. The van der Waals surface area contributed by atoms with E-state index >= 15 is 0 Å². The molecular formula is C27H28N4O2S. The molecule has 2 heterocycles. The second kappa shape index (κ2) is 10.6. The molecule has 6 nitrogen and oxygen atoms in total. The number of benzene rings is 2. The number of rotatable bonds is 8. The largest absolute Gasteiger partial charge is 0.352 e. The smallest absolute Gasteiger partial charge is 0.256 e. The number of hydrogen-bond donors (Lipinski definition) is 2. The first-order valence-electron chi connectivity index (χ1n) is 11.3. The maximum Gasteiger partial charge on any atom is 0.256 e. The fourth-order valence-corrected chi connectivity index (χ4v) is 4.46. The summed E-state index contributed by atoms with van der Waals surface area (Å²) in [6.45, 7) is 6.62. The molecule has 2 amide bonds. The van der Waals surface area contributed by atoms with E-state index in [1.807, 2.05) is 66.2 Å². The SMILES string of the molecule is Cc1cc(C(=O)NCC(C)C)ccc1NC(=O)c1ccccc1SCc1cn2ccccc2n1. The average Bonchev–Trinajstić information content (AvgIpc) is 3.25. The molecule has 4 aromatic rings. The van der Waals surface area contributed by atoms with Crippen molar-refractivity contribution in [2.24, 2.45) is 5.92 Å². The van der Waals surface area contributed by atoms with E-state index in [9.17, 15) is 9.59 Å². The molecule has 2 N–H and O–H groups in total. The van der Waals surface area contributed by atoms with Crippen molar-refractivity contribution in [2.75, 3.05) is 11.9 Å². The molecule has 7 heteroatoms. The number of amides is 2. The number of thioether (sulfide) groups is 1. The van der Waals surface area contributed by atoms with Crippen molar-refractivity contribution in [1.82, 2.24) is 14.7 Å². The number of pyridine rings is 1. The summed E-state index contributed by atoms with van der Waals surface area (Å²) < 4.78 is 1.99. The highest BCUT2D eigenvalue weighted by Gasteiger charge is 2.15. The number of carbonyl (C=O) groups is 2. The van der Waals surface area contributed by atoms with Crippen LogP contribution in [-0.2, 0) is 5.75 Å². The molecule has 0 aliphatic carbocycles. The van der Waals surface area contributed by atoms with Crippen LogP contribution in [-0.4, -0.2) is 27.7 Å². The predicted octanol–water partition coefficient (Wildman–Crippen LogP) is 5.57. The molecule has 0 aliphatic rings. The van der Waals surface area contributed by atoms with Gasteiger partial charge in [-0.05, 0) is 60.9 Å². The van der Waals surface area contributed by atoms with Gasteiger partial charge < -0.3 is 15.0 Å². The molecule has 0 aliphatic heterocycles. The van der Waals surface area contributed by atoms with Crippen molar-refractivity contribution in [1.29, 1.82) is 0 Å². The van der Waals surface area contributed by atoms with Crippen LogP contribution in [0.5, 0.6) is 0 Å². The molecule has 34 heavy (non-hydrogen) atoms. The lowest BCUT2D eigenvalue weighted by Crippen LogP contribution is -2.27. The summed E-state index contributed by atoms with van der Waals surface area (Å²) in [6.07, 6.45) is 3.98. The van der Waals surface area contributed by atoms with Crippen LogP contribution in [0.2, 0.25) is 0 Å². The molecule has 0 fully saturated rings. The Hall–Kier alpha value is -3.58. The van der Waals surface area contributed by atoms with E-state index in [0.717, 1.165) is 21.8 Å². The zero-order valence-electron chi connectivity index (χ0n) is 19.5. The number of imidazole rings is 1. The van der Waals surface area contributed by atoms with Gasteiger partial charge in [-0.3, -0.25) is 9.59 Å². The highest BCUT2D eigenvalue weighted by Crippen LogP contribution is 2.27. The van der Waals surface area contributed by atoms with Crippen LogP contribution in [0.25, 0.3) is 5.65 Å².